The normalized spacial score (nSPS) is 19.4. The number of carbonyl (C=O) groups is 2. The van der Waals surface area contributed by atoms with Gasteiger partial charge in [-0.15, -0.1) is 0 Å². The molecule has 1 aliphatic rings. The molecule has 1 fully saturated rings. The fourth-order valence-corrected chi connectivity index (χ4v) is 2.32. The van der Waals surface area contributed by atoms with Gasteiger partial charge in [-0.2, -0.15) is 5.10 Å². The van der Waals surface area contributed by atoms with E-state index < -0.39 is 6.04 Å². The van der Waals surface area contributed by atoms with Gasteiger partial charge in [-0.1, -0.05) is 6.58 Å². The summed E-state index contributed by atoms with van der Waals surface area (Å²) in [6, 6.07) is 1.39. The van der Waals surface area contributed by atoms with Crippen LogP contribution in [0.15, 0.2) is 18.7 Å². The molecular weight excluding hydrogens is 244 g/mol. The van der Waals surface area contributed by atoms with Crippen LogP contribution in [0.25, 0.3) is 0 Å². The summed E-state index contributed by atoms with van der Waals surface area (Å²) in [5.41, 5.74) is 0.863. The molecule has 0 aromatic carbocycles. The Morgan fingerprint density at radius 3 is 2.95 bits per heavy atom. The molecule has 1 aromatic rings. The Morgan fingerprint density at radius 2 is 2.37 bits per heavy atom. The van der Waals surface area contributed by atoms with Crippen molar-refractivity contribution in [3.8, 4) is 0 Å². The second-order valence-corrected chi connectivity index (χ2v) is 4.66. The van der Waals surface area contributed by atoms with Crippen LogP contribution >= 0.6 is 0 Å². The summed E-state index contributed by atoms with van der Waals surface area (Å²) in [7, 11) is 1.81. The topological polar surface area (TPSA) is 67.2 Å². The molecule has 0 aliphatic carbocycles. The van der Waals surface area contributed by atoms with Crippen molar-refractivity contribution in [2.75, 3.05) is 11.4 Å². The van der Waals surface area contributed by atoms with Gasteiger partial charge in [0.15, 0.2) is 0 Å². The highest BCUT2D eigenvalue weighted by Gasteiger charge is 2.31. The van der Waals surface area contributed by atoms with E-state index in [1.165, 1.54) is 6.08 Å². The first-order valence-electron chi connectivity index (χ1n) is 6.28. The summed E-state index contributed by atoms with van der Waals surface area (Å²) < 4.78 is 1.69. The first kappa shape index (κ1) is 13.3. The van der Waals surface area contributed by atoms with Crippen molar-refractivity contribution in [2.45, 2.75) is 25.8 Å². The molecule has 1 unspecified atom stereocenters. The van der Waals surface area contributed by atoms with Crippen molar-refractivity contribution in [1.82, 2.24) is 15.1 Å². The third-order valence-electron chi connectivity index (χ3n) is 3.19. The Labute approximate surface area is 112 Å². The molecule has 2 rings (SSSR count). The number of hydrogen-bond donors (Lipinski definition) is 1. The van der Waals surface area contributed by atoms with Crippen LogP contribution in [0.5, 0.6) is 0 Å². The molecule has 0 spiro atoms. The van der Waals surface area contributed by atoms with Crippen molar-refractivity contribution < 1.29 is 9.59 Å². The number of rotatable bonds is 3. The van der Waals surface area contributed by atoms with E-state index in [0.717, 1.165) is 17.9 Å². The fraction of sp³-hybridized carbons (Fsp3) is 0.462. The van der Waals surface area contributed by atoms with Crippen LogP contribution in [0.4, 0.5) is 5.82 Å². The van der Waals surface area contributed by atoms with Gasteiger partial charge in [-0.3, -0.25) is 19.2 Å². The van der Waals surface area contributed by atoms with E-state index in [0.29, 0.717) is 13.0 Å². The highest BCUT2D eigenvalue weighted by Crippen LogP contribution is 2.21. The lowest BCUT2D eigenvalue weighted by molar-refractivity contribution is -0.126. The smallest absolute Gasteiger partial charge is 0.250 e. The largest absolute Gasteiger partial charge is 0.341 e. The highest BCUT2D eigenvalue weighted by molar-refractivity contribution is 6.00. The van der Waals surface area contributed by atoms with Crippen molar-refractivity contribution in [3.05, 3.63) is 24.4 Å². The highest BCUT2D eigenvalue weighted by atomic mass is 16.2. The standard InChI is InChI=1S/C13H18N4O2/c1-4-11(18)14-10-6-5-7-17(13(10)19)12-8-9(2)15-16(12)3/h4,8,10H,1,5-7H2,2-3H3,(H,14,18). The number of anilines is 1. The van der Waals surface area contributed by atoms with Gasteiger partial charge in [0, 0.05) is 19.7 Å². The van der Waals surface area contributed by atoms with Crippen LogP contribution in [0.1, 0.15) is 18.5 Å². The molecule has 1 saturated heterocycles. The number of nitrogens with zero attached hydrogens (tertiary/aromatic N) is 3. The first-order chi connectivity index (χ1) is 9.02. The van der Waals surface area contributed by atoms with E-state index in [9.17, 15) is 9.59 Å². The summed E-state index contributed by atoms with van der Waals surface area (Å²) >= 11 is 0. The summed E-state index contributed by atoms with van der Waals surface area (Å²) in [4.78, 5) is 25.4. The fourth-order valence-electron chi connectivity index (χ4n) is 2.32. The minimum atomic E-state index is -0.477. The first-order valence-corrected chi connectivity index (χ1v) is 6.28. The maximum Gasteiger partial charge on any atom is 0.250 e. The summed E-state index contributed by atoms with van der Waals surface area (Å²) in [6.07, 6.45) is 2.68. The summed E-state index contributed by atoms with van der Waals surface area (Å²) in [6.45, 7) is 5.93. The Morgan fingerprint density at radius 1 is 1.63 bits per heavy atom. The lowest BCUT2D eigenvalue weighted by atomic mass is 10.0. The molecule has 0 radical (unpaired) electrons. The van der Waals surface area contributed by atoms with Crippen LogP contribution in [0.2, 0.25) is 0 Å². The number of aromatic nitrogens is 2. The molecule has 0 saturated carbocycles. The van der Waals surface area contributed by atoms with E-state index in [4.69, 9.17) is 0 Å². The van der Waals surface area contributed by atoms with Crippen LogP contribution in [-0.2, 0) is 16.6 Å². The average Bonchev–Trinajstić information content (AvgIpc) is 2.71. The van der Waals surface area contributed by atoms with Crippen molar-refractivity contribution >= 4 is 17.6 Å². The predicted molar refractivity (Wildman–Crippen MR) is 71.7 cm³/mol. The number of piperidine rings is 1. The Hall–Kier alpha value is -2.11. The van der Waals surface area contributed by atoms with Crippen molar-refractivity contribution in [1.29, 1.82) is 0 Å². The quantitative estimate of drug-likeness (QED) is 0.808. The Kier molecular flexibility index (Phi) is 3.69. The Bertz CT molecular complexity index is 521. The number of carbonyl (C=O) groups excluding carboxylic acids is 2. The molecule has 1 N–H and O–H groups in total. The van der Waals surface area contributed by atoms with E-state index in [1.807, 2.05) is 20.0 Å². The summed E-state index contributed by atoms with van der Waals surface area (Å²) in [5.74, 6) is 0.353. The second-order valence-electron chi connectivity index (χ2n) is 4.66. The molecule has 0 bridgehead atoms. The number of nitrogens with one attached hydrogen (secondary N) is 1. The van der Waals surface area contributed by atoms with E-state index >= 15 is 0 Å². The molecule has 6 nitrogen and oxygen atoms in total. The monoisotopic (exact) mass is 262 g/mol. The molecule has 1 aliphatic heterocycles. The van der Waals surface area contributed by atoms with Gasteiger partial charge in [0.1, 0.15) is 11.9 Å². The van der Waals surface area contributed by atoms with Crippen LogP contribution in [0, 0.1) is 6.92 Å². The second kappa shape index (κ2) is 5.26. The van der Waals surface area contributed by atoms with Gasteiger partial charge in [-0.25, -0.2) is 0 Å². The molecule has 2 heterocycles. The predicted octanol–water partition coefficient (Wildman–Crippen LogP) is 0.526. The van der Waals surface area contributed by atoms with E-state index in [2.05, 4.69) is 17.0 Å². The number of hydrogen-bond acceptors (Lipinski definition) is 3. The van der Waals surface area contributed by atoms with Gasteiger partial charge in [0.25, 0.3) is 5.91 Å². The van der Waals surface area contributed by atoms with Gasteiger partial charge in [-0.05, 0) is 25.8 Å². The van der Waals surface area contributed by atoms with Gasteiger partial charge >= 0.3 is 0 Å². The SMILES string of the molecule is C=CC(=O)NC1CCCN(c2cc(C)nn2C)C1=O. The maximum atomic E-state index is 12.4. The molecule has 6 heteroatoms. The minimum absolute atomic E-state index is 0.0931. The lowest BCUT2D eigenvalue weighted by Gasteiger charge is -2.32. The maximum absolute atomic E-state index is 12.4. The molecule has 1 atom stereocenters. The van der Waals surface area contributed by atoms with Gasteiger partial charge < -0.3 is 5.32 Å². The van der Waals surface area contributed by atoms with Gasteiger partial charge in [0.05, 0.1) is 5.69 Å². The molecular formula is C13H18N4O2. The molecule has 1 aromatic heterocycles. The van der Waals surface area contributed by atoms with Crippen LogP contribution in [0.3, 0.4) is 0 Å². The Balaban J connectivity index is 2.18. The van der Waals surface area contributed by atoms with E-state index in [-0.39, 0.29) is 11.8 Å². The number of aryl methyl sites for hydroxylation is 2. The minimum Gasteiger partial charge on any atom is -0.341 e. The zero-order chi connectivity index (χ0) is 14.0. The third kappa shape index (κ3) is 2.67. The summed E-state index contributed by atoms with van der Waals surface area (Å²) in [5, 5.41) is 6.91. The molecule has 2 amide bonds. The van der Waals surface area contributed by atoms with E-state index in [1.54, 1.807) is 9.58 Å². The lowest BCUT2D eigenvalue weighted by Crippen LogP contribution is -2.52. The van der Waals surface area contributed by atoms with Crippen LogP contribution < -0.4 is 10.2 Å². The average molecular weight is 262 g/mol. The zero-order valence-electron chi connectivity index (χ0n) is 11.2. The number of amides is 2. The molecule has 19 heavy (non-hydrogen) atoms. The van der Waals surface area contributed by atoms with Gasteiger partial charge in [0.2, 0.25) is 5.91 Å². The zero-order valence-corrected chi connectivity index (χ0v) is 11.2. The van der Waals surface area contributed by atoms with Crippen molar-refractivity contribution in [3.63, 3.8) is 0 Å². The van der Waals surface area contributed by atoms with Crippen molar-refractivity contribution in [2.24, 2.45) is 7.05 Å². The third-order valence-corrected chi connectivity index (χ3v) is 3.19. The van der Waals surface area contributed by atoms with Crippen LogP contribution in [-0.4, -0.2) is 34.2 Å². The molecule has 102 valence electrons.